The molecule has 0 spiro atoms. The number of hydrogen-bond acceptors (Lipinski definition) is 3. The van der Waals surface area contributed by atoms with Crippen LogP contribution in [0.5, 0.6) is 0 Å². The predicted molar refractivity (Wildman–Crippen MR) is 63.6 cm³/mol. The van der Waals surface area contributed by atoms with E-state index >= 15 is 0 Å². The summed E-state index contributed by atoms with van der Waals surface area (Å²) < 4.78 is 12.8. The van der Waals surface area contributed by atoms with Crippen LogP contribution in [0.4, 0.5) is 4.39 Å². The molecular formula is C12H7FO4S. The number of carboxylic acids is 2. The quantitative estimate of drug-likeness (QED) is 0.895. The lowest BCUT2D eigenvalue weighted by Gasteiger charge is -1.99. The van der Waals surface area contributed by atoms with Crippen LogP contribution < -0.4 is 0 Å². The Morgan fingerprint density at radius 2 is 1.67 bits per heavy atom. The maximum atomic E-state index is 12.8. The minimum absolute atomic E-state index is 0.0632. The third-order valence-corrected chi connectivity index (χ3v) is 3.40. The van der Waals surface area contributed by atoms with E-state index in [-0.39, 0.29) is 15.3 Å². The fourth-order valence-corrected chi connectivity index (χ4v) is 2.36. The Hall–Kier alpha value is -2.21. The molecule has 2 aromatic rings. The molecule has 0 radical (unpaired) electrons. The Kier molecular flexibility index (Phi) is 3.12. The van der Waals surface area contributed by atoms with Gasteiger partial charge >= 0.3 is 11.9 Å². The molecule has 0 aliphatic heterocycles. The van der Waals surface area contributed by atoms with Crippen LogP contribution in [0, 0.1) is 5.82 Å². The molecule has 92 valence electrons. The Morgan fingerprint density at radius 1 is 1.06 bits per heavy atom. The van der Waals surface area contributed by atoms with Gasteiger partial charge in [-0.05, 0) is 23.8 Å². The largest absolute Gasteiger partial charge is 0.477 e. The van der Waals surface area contributed by atoms with Crippen LogP contribution in [0.1, 0.15) is 19.3 Å². The van der Waals surface area contributed by atoms with E-state index < -0.39 is 17.8 Å². The highest BCUT2D eigenvalue weighted by atomic mass is 32.1. The van der Waals surface area contributed by atoms with Gasteiger partial charge in [-0.1, -0.05) is 12.1 Å². The first kappa shape index (κ1) is 12.3. The second kappa shape index (κ2) is 4.58. The normalized spacial score (nSPS) is 10.3. The first-order valence-corrected chi connectivity index (χ1v) is 5.67. The summed E-state index contributed by atoms with van der Waals surface area (Å²) in [6, 6.07) is 6.49. The van der Waals surface area contributed by atoms with E-state index in [1.165, 1.54) is 30.3 Å². The molecule has 0 aliphatic carbocycles. The number of hydrogen-bond donors (Lipinski definition) is 2. The van der Waals surface area contributed by atoms with Crippen LogP contribution in [0.3, 0.4) is 0 Å². The Labute approximate surface area is 105 Å². The van der Waals surface area contributed by atoms with Gasteiger partial charge in [0.15, 0.2) is 0 Å². The molecule has 0 saturated heterocycles. The first-order valence-electron chi connectivity index (χ1n) is 4.85. The predicted octanol–water partition coefficient (Wildman–Crippen LogP) is 2.95. The average Bonchev–Trinajstić information content (AvgIpc) is 2.75. The van der Waals surface area contributed by atoms with Gasteiger partial charge in [0.2, 0.25) is 0 Å². The van der Waals surface area contributed by atoms with Crippen molar-refractivity contribution in [3.8, 4) is 11.1 Å². The van der Waals surface area contributed by atoms with Gasteiger partial charge in [-0.3, -0.25) is 0 Å². The fraction of sp³-hybridized carbons (Fsp3) is 0. The minimum Gasteiger partial charge on any atom is -0.477 e. The van der Waals surface area contributed by atoms with Crippen LogP contribution >= 0.6 is 11.3 Å². The smallest absolute Gasteiger partial charge is 0.346 e. The fourth-order valence-electron chi connectivity index (χ4n) is 1.50. The summed E-state index contributed by atoms with van der Waals surface area (Å²) in [4.78, 5) is 21.7. The molecule has 0 amide bonds. The number of carbonyl (C=O) groups is 2. The topological polar surface area (TPSA) is 74.6 Å². The zero-order chi connectivity index (χ0) is 13.3. The van der Waals surface area contributed by atoms with Crippen LogP contribution in [0.15, 0.2) is 30.3 Å². The van der Waals surface area contributed by atoms with Gasteiger partial charge in [0.1, 0.15) is 15.6 Å². The molecule has 1 aromatic heterocycles. The van der Waals surface area contributed by atoms with Gasteiger partial charge in [-0.15, -0.1) is 11.3 Å². The van der Waals surface area contributed by atoms with E-state index in [1.54, 1.807) is 0 Å². The second-order valence-corrected chi connectivity index (χ2v) is 4.52. The van der Waals surface area contributed by atoms with Crippen LogP contribution in [-0.4, -0.2) is 22.2 Å². The Balaban J connectivity index is 2.58. The molecule has 2 N–H and O–H groups in total. The van der Waals surface area contributed by atoms with E-state index in [9.17, 15) is 14.0 Å². The first-order chi connectivity index (χ1) is 8.49. The number of halogens is 1. The van der Waals surface area contributed by atoms with Crippen molar-refractivity contribution in [1.82, 2.24) is 0 Å². The molecule has 0 atom stereocenters. The zero-order valence-electron chi connectivity index (χ0n) is 8.88. The van der Waals surface area contributed by atoms with Gasteiger partial charge < -0.3 is 10.2 Å². The number of benzene rings is 1. The SMILES string of the molecule is O=C(O)c1cc(-c2ccc(F)cc2)c(C(=O)O)s1. The standard InChI is InChI=1S/C12H7FO4S/c13-7-3-1-6(2-4-7)8-5-9(11(14)15)18-10(8)12(16)17/h1-5H,(H,14,15)(H,16,17). The van der Waals surface area contributed by atoms with Gasteiger partial charge in [0.05, 0.1) is 0 Å². The summed E-state index contributed by atoms with van der Waals surface area (Å²) in [5.74, 6) is -2.83. The highest BCUT2D eigenvalue weighted by molar-refractivity contribution is 7.16. The summed E-state index contributed by atoms with van der Waals surface area (Å²) in [6.45, 7) is 0. The van der Waals surface area contributed by atoms with E-state index in [2.05, 4.69) is 0 Å². The molecule has 2 rings (SSSR count). The number of rotatable bonds is 3. The average molecular weight is 266 g/mol. The van der Waals surface area contributed by atoms with Crippen LogP contribution in [0.2, 0.25) is 0 Å². The third-order valence-electron chi connectivity index (χ3n) is 2.29. The lowest BCUT2D eigenvalue weighted by Crippen LogP contribution is -1.94. The van der Waals surface area contributed by atoms with Crippen molar-refractivity contribution in [2.75, 3.05) is 0 Å². The van der Waals surface area contributed by atoms with Crippen molar-refractivity contribution in [1.29, 1.82) is 0 Å². The Bertz CT molecular complexity index is 616. The number of carboxylic acid groups (broad SMARTS) is 2. The van der Waals surface area contributed by atoms with Crippen molar-refractivity contribution in [3.05, 3.63) is 45.9 Å². The molecule has 6 heteroatoms. The second-order valence-electron chi connectivity index (χ2n) is 3.47. The molecule has 4 nitrogen and oxygen atoms in total. The van der Waals surface area contributed by atoms with Gasteiger partial charge in [-0.25, -0.2) is 14.0 Å². The monoisotopic (exact) mass is 266 g/mol. The van der Waals surface area contributed by atoms with Crippen molar-refractivity contribution < 1.29 is 24.2 Å². The highest BCUT2D eigenvalue weighted by Gasteiger charge is 2.19. The van der Waals surface area contributed by atoms with Gasteiger partial charge in [0.25, 0.3) is 0 Å². The highest BCUT2D eigenvalue weighted by Crippen LogP contribution is 2.31. The molecule has 0 saturated carbocycles. The number of aromatic carboxylic acids is 2. The van der Waals surface area contributed by atoms with E-state index in [1.807, 2.05) is 0 Å². The van der Waals surface area contributed by atoms with Crippen molar-refractivity contribution in [3.63, 3.8) is 0 Å². The molecule has 0 aliphatic rings. The van der Waals surface area contributed by atoms with Crippen molar-refractivity contribution in [2.24, 2.45) is 0 Å². The van der Waals surface area contributed by atoms with Crippen molar-refractivity contribution in [2.45, 2.75) is 0 Å². The lowest BCUT2D eigenvalue weighted by atomic mass is 10.1. The summed E-state index contributed by atoms with van der Waals surface area (Å²) in [7, 11) is 0. The summed E-state index contributed by atoms with van der Waals surface area (Å²) >= 11 is 0.682. The molecule has 1 aromatic carbocycles. The molecule has 0 fully saturated rings. The summed E-state index contributed by atoms with van der Waals surface area (Å²) in [5.41, 5.74) is 0.752. The molecule has 0 bridgehead atoms. The third kappa shape index (κ3) is 2.23. The Morgan fingerprint density at radius 3 is 2.17 bits per heavy atom. The number of thiophene rings is 1. The lowest BCUT2D eigenvalue weighted by molar-refractivity contribution is 0.0693. The van der Waals surface area contributed by atoms with Crippen LogP contribution in [0.25, 0.3) is 11.1 Å². The van der Waals surface area contributed by atoms with Crippen LogP contribution in [-0.2, 0) is 0 Å². The summed E-state index contributed by atoms with van der Waals surface area (Å²) in [6.07, 6.45) is 0. The molecule has 18 heavy (non-hydrogen) atoms. The molecule has 1 heterocycles. The van der Waals surface area contributed by atoms with Gasteiger partial charge in [0, 0.05) is 5.56 Å². The minimum atomic E-state index is -1.20. The maximum absolute atomic E-state index is 12.8. The van der Waals surface area contributed by atoms with E-state index in [0.29, 0.717) is 16.9 Å². The maximum Gasteiger partial charge on any atom is 0.346 e. The van der Waals surface area contributed by atoms with Crippen molar-refractivity contribution >= 4 is 23.3 Å². The molecular weight excluding hydrogens is 259 g/mol. The van der Waals surface area contributed by atoms with E-state index in [0.717, 1.165) is 0 Å². The zero-order valence-corrected chi connectivity index (χ0v) is 9.70. The van der Waals surface area contributed by atoms with Gasteiger partial charge in [-0.2, -0.15) is 0 Å². The molecule has 0 unspecified atom stereocenters. The van der Waals surface area contributed by atoms with E-state index in [4.69, 9.17) is 10.2 Å². The summed E-state index contributed by atoms with van der Waals surface area (Å²) in [5, 5.41) is 17.9.